The van der Waals surface area contributed by atoms with Crippen molar-refractivity contribution in [3.63, 3.8) is 0 Å². The van der Waals surface area contributed by atoms with Crippen LogP contribution in [0.1, 0.15) is 19.8 Å². The smallest absolute Gasteiger partial charge is 0.0198 e. The van der Waals surface area contributed by atoms with Crippen molar-refractivity contribution >= 4 is 0 Å². The van der Waals surface area contributed by atoms with Crippen LogP contribution in [0.5, 0.6) is 0 Å². The average Bonchev–Trinajstić information content (AvgIpc) is 2.27. The van der Waals surface area contributed by atoms with Gasteiger partial charge in [0.1, 0.15) is 0 Å². The average molecular weight is 226 g/mol. The van der Waals surface area contributed by atoms with Gasteiger partial charge < -0.3 is 20.9 Å². The molecule has 2 aliphatic heterocycles. The van der Waals surface area contributed by atoms with E-state index in [-0.39, 0.29) is 0 Å². The number of piperazine rings is 2. The van der Waals surface area contributed by atoms with Crippen LogP contribution in [-0.4, -0.2) is 62.8 Å². The van der Waals surface area contributed by atoms with Crippen molar-refractivity contribution in [2.45, 2.75) is 37.9 Å². The maximum Gasteiger partial charge on any atom is 0.0198 e. The van der Waals surface area contributed by atoms with Crippen molar-refractivity contribution in [1.82, 2.24) is 20.9 Å². The molecule has 3 atom stereocenters. The summed E-state index contributed by atoms with van der Waals surface area (Å²) in [5.41, 5.74) is 0. The van der Waals surface area contributed by atoms with Crippen LogP contribution in [0.4, 0.5) is 0 Å². The minimum absolute atomic E-state index is 0.640. The molecule has 16 heavy (non-hydrogen) atoms. The molecule has 94 valence electrons. The van der Waals surface area contributed by atoms with Gasteiger partial charge in [-0.2, -0.15) is 0 Å². The van der Waals surface area contributed by atoms with E-state index in [0.29, 0.717) is 18.1 Å². The Morgan fingerprint density at radius 3 is 2.62 bits per heavy atom. The number of hydrogen-bond donors (Lipinski definition) is 3. The largest absolute Gasteiger partial charge is 0.314 e. The molecule has 4 nitrogen and oxygen atoms in total. The van der Waals surface area contributed by atoms with Gasteiger partial charge in [-0.25, -0.2) is 0 Å². The standard InChI is InChI=1S/C12H26N4/c1-10-8-16(2)9-12(15-10)4-3-11-7-13-5-6-14-11/h10-15H,3-9H2,1-2H3/t10?,11-,12?/m1/s1. The van der Waals surface area contributed by atoms with Crippen LogP contribution in [-0.2, 0) is 0 Å². The van der Waals surface area contributed by atoms with E-state index < -0.39 is 0 Å². The Morgan fingerprint density at radius 1 is 1.12 bits per heavy atom. The number of nitrogens with one attached hydrogen (secondary N) is 3. The molecule has 3 N–H and O–H groups in total. The van der Waals surface area contributed by atoms with Crippen LogP contribution in [0.3, 0.4) is 0 Å². The molecule has 0 amide bonds. The molecule has 0 radical (unpaired) electrons. The monoisotopic (exact) mass is 226 g/mol. The summed E-state index contributed by atoms with van der Waals surface area (Å²) in [6.45, 7) is 8.04. The Balaban J connectivity index is 1.68. The summed E-state index contributed by atoms with van der Waals surface area (Å²) in [4.78, 5) is 2.44. The lowest BCUT2D eigenvalue weighted by Crippen LogP contribution is -2.55. The first kappa shape index (κ1) is 12.3. The van der Waals surface area contributed by atoms with E-state index in [4.69, 9.17) is 0 Å². The minimum atomic E-state index is 0.640. The third-order valence-electron chi connectivity index (χ3n) is 3.63. The molecule has 2 heterocycles. The summed E-state index contributed by atoms with van der Waals surface area (Å²) < 4.78 is 0. The first-order valence-corrected chi connectivity index (χ1v) is 6.62. The van der Waals surface area contributed by atoms with Crippen molar-refractivity contribution in [2.75, 3.05) is 39.8 Å². The predicted molar refractivity (Wildman–Crippen MR) is 67.8 cm³/mol. The van der Waals surface area contributed by atoms with Gasteiger partial charge in [-0.3, -0.25) is 0 Å². The molecule has 0 saturated carbocycles. The predicted octanol–water partition coefficient (Wildman–Crippen LogP) is -0.380. The number of likely N-dealkylation sites (N-methyl/N-ethyl adjacent to an activating group) is 1. The number of hydrogen-bond acceptors (Lipinski definition) is 4. The Labute approximate surface area is 99.2 Å². The van der Waals surface area contributed by atoms with E-state index >= 15 is 0 Å². The highest BCUT2D eigenvalue weighted by molar-refractivity contribution is 4.84. The molecule has 4 heteroatoms. The summed E-state index contributed by atoms with van der Waals surface area (Å²) in [5, 5.41) is 10.7. The van der Waals surface area contributed by atoms with Gasteiger partial charge >= 0.3 is 0 Å². The zero-order valence-corrected chi connectivity index (χ0v) is 10.6. The normalized spacial score (nSPS) is 37.5. The molecule has 0 aliphatic carbocycles. The van der Waals surface area contributed by atoms with E-state index in [0.717, 1.165) is 19.6 Å². The molecule has 2 unspecified atom stereocenters. The second-order valence-electron chi connectivity index (χ2n) is 5.42. The molecule has 2 saturated heterocycles. The fourth-order valence-corrected chi connectivity index (χ4v) is 2.92. The van der Waals surface area contributed by atoms with Crippen molar-refractivity contribution < 1.29 is 0 Å². The topological polar surface area (TPSA) is 39.3 Å². The zero-order valence-electron chi connectivity index (χ0n) is 10.6. The van der Waals surface area contributed by atoms with Crippen molar-refractivity contribution in [2.24, 2.45) is 0 Å². The summed E-state index contributed by atoms with van der Waals surface area (Å²) in [5.74, 6) is 0. The second kappa shape index (κ2) is 5.96. The SMILES string of the molecule is CC1CN(C)CC(CC[C@@H]2CNCCN2)N1. The number of rotatable bonds is 3. The van der Waals surface area contributed by atoms with Crippen LogP contribution in [0.25, 0.3) is 0 Å². The van der Waals surface area contributed by atoms with E-state index in [2.05, 4.69) is 34.8 Å². The van der Waals surface area contributed by atoms with Crippen LogP contribution in [0.15, 0.2) is 0 Å². The van der Waals surface area contributed by atoms with Crippen LogP contribution < -0.4 is 16.0 Å². The van der Waals surface area contributed by atoms with Crippen LogP contribution in [0, 0.1) is 0 Å². The lowest BCUT2D eigenvalue weighted by molar-refractivity contribution is 0.188. The van der Waals surface area contributed by atoms with Gasteiger partial charge in [-0.05, 0) is 26.8 Å². The van der Waals surface area contributed by atoms with E-state index in [1.165, 1.54) is 25.9 Å². The fraction of sp³-hybridized carbons (Fsp3) is 1.00. The molecule has 2 aliphatic rings. The Hall–Kier alpha value is -0.160. The van der Waals surface area contributed by atoms with Gasteiger partial charge in [0.25, 0.3) is 0 Å². The molecule has 0 aromatic heterocycles. The highest BCUT2D eigenvalue weighted by Crippen LogP contribution is 2.09. The van der Waals surface area contributed by atoms with Gasteiger partial charge in [0.05, 0.1) is 0 Å². The van der Waals surface area contributed by atoms with Gasteiger partial charge in [-0.1, -0.05) is 0 Å². The van der Waals surface area contributed by atoms with Gasteiger partial charge in [0.2, 0.25) is 0 Å². The van der Waals surface area contributed by atoms with Gasteiger partial charge in [0.15, 0.2) is 0 Å². The Kier molecular flexibility index (Phi) is 4.58. The van der Waals surface area contributed by atoms with Crippen LogP contribution in [0.2, 0.25) is 0 Å². The molecule has 0 bridgehead atoms. The maximum atomic E-state index is 3.70. The lowest BCUT2D eigenvalue weighted by atomic mass is 10.0. The number of nitrogens with zero attached hydrogens (tertiary/aromatic N) is 1. The maximum absolute atomic E-state index is 3.70. The molecule has 0 aromatic rings. The van der Waals surface area contributed by atoms with Gasteiger partial charge in [-0.15, -0.1) is 0 Å². The summed E-state index contributed by atoms with van der Waals surface area (Å²) in [7, 11) is 2.23. The third kappa shape index (κ3) is 3.70. The summed E-state index contributed by atoms with van der Waals surface area (Å²) in [6.07, 6.45) is 2.57. The fourth-order valence-electron chi connectivity index (χ4n) is 2.92. The van der Waals surface area contributed by atoms with Crippen molar-refractivity contribution in [1.29, 1.82) is 0 Å². The second-order valence-corrected chi connectivity index (χ2v) is 5.42. The Morgan fingerprint density at radius 2 is 1.94 bits per heavy atom. The molecule has 2 rings (SSSR count). The first-order valence-electron chi connectivity index (χ1n) is 6.62. The van der Waals surface area contributed by atoms with E-state index in [9.17, 15) is 0 Å². The van der Waals surface area contributed by atoms with E-state index in [1.54, 1.807) is 0 Å². The first-order chi connectivity index (χ1) is 7.74. The molecule has 0 aromatic carbocycles. The third-order valence-corrected chi connectivity index (χ3v) is 3.63. The molecular weight excluding hydrogens is 200 g/mol. The molecule has 2 fully saturated rings. The quantitative estimate of drug-likeness (QED) is 0.613. The van der Waals surface area contributed by atoms with Crippen molar-refractivity contribution in [3.8, 4) is 0 Å². The lowest BCUT2D eigenvalue weighted by Gasteiger charge is -2.36. The highest BCUT2D eigenvalue weighted by Gasteiger charge is 2.22. The zero-order chi connectivity index (χ0) is 11.4. The Bertz CT molecular complexity index is 193. The summed E-state index contributed by atoms with van der Waals surface area (Å²) in [6, 6.07) is 2.00. The highest BCUT2D eigenvalue weighted by atomic mass is 15.2. The molecular formula is C12H26N4. The van der Waals surface area contributed by atoms with Crippen molar-refractivity contribution in [3.05, 3.63) is 0 Å². The minimum Gasteiger partial charge on any atom is -0.314 e. The van der Waals surface area contributed by atoms with Gasteiger partial charge in [0, 0.05) is 50.8 Å². The molecule has 0 spiro atoms. The summed E-state index contributed by atoms with van der Waals surface area (Å²) >= 11 is 0. The van der Waals surface area contributed by atoms with E-state index in [1.807, 2.05) is 0 Å². The van der Waals surface area contributed by atoms with Crippen LogP contribution >= 0.6 is 0 Å².